The summed E-state index contributed by atoms with van der Waals surface area (Å²) in [7, 11) is 1.68. The molecule has 1 unspecified atom stereocenters. The van der Waals surface area contributed by atoms with Gasteiger partial charge < -0.3 is 4.74 Å². The molecule has 3 N–H and O–H groups in total. The second-order valence-corrected chi connectivity index (χ2v) is 5.14. The number of ether oxygens (including phenoxy) is 1. The van der Waals surface area contributed by atoms with Gasteiger partial charge in [0.2, 0.25) is 0 Å². The summed E-state index contributed by atoms with van der Waals surface area (Å²) in [6.45, 7) is 0. The SMILES string of the molecule is COc1ccc(Cl)cc1CC(CC1CC1)NN. The van der Waals surface area contributed by atoms with E-state index in [9.17, 15) is 0 Å². The fraction of sp³-hybridized carbons (Fsp3) is 0.538. The van der Waals surface area contributed by atoms with Crippen LogP contribution < -0.4 is 16.0 Å². The highest BCUT2D eigenvalue weighted by Crippen LogP contribution is 2.34. The van der Waals surface area contributed by atoms with Crippen LogP contribution in [0.2, 0.25) is 5.02 Å². The molecule has 0 spiro atoms. The maximum atomic E-state index is 6.01. The van der Waals surface area contributed by atoms with Crippen LogP contribution in [0.15, 0.2) is 18.2 Å². The minimum Gasteiger partial charge on any atom is -0.496 e. The maximum absolute atomic E-state index is 6.01. The van der Waals surface area contributed by atoms with Crippen molar-refractivity contribution in [3.05, 3.63) is 28.8 Å². The topological polar surface area (TPSA) is 47.3 Å². The summed E-state index contributed by atoms with van der Waals surface area (Å²) in [6, 6.07) is 6.00. The molecule has 4 heteroatoms. The molecule has 0 amide bonds. The zero-order valence-corrected chi connectivity index (χ0v) is 10.8. The third kappa shape index (κ3) is 3.60. The Labute approximate surface area is 107 Å². The van der Waals surface area contributed by atoms with Crippen LogP contribution in [0.4, 0.5) is 0 Å². The number of methoxy groups -OCH3 is 1. The fourth-order valence-electron chi connectivity index (χ4n) is 2.14. The molecular weight excluding hydrogens is 236 g/mol. The van der Waals surface area contributed by atoms with Gasteiger partial charge in [-0.25, -0.2) is 0 Å². The first-order chi connectivity index (χ1) is 8.22. The van der Waals surface area contributed by atoms with Gasteiger partial charge in [0.25, 0.3) is 0 Å². The van der Waals surface area contributed by atoms with Gasteiger partial charge in [0.15, 0.2) is 0 Å². The second-order valence-electron chi connectivity index (χ2n) is 4.70. The van der Waals surface area contributed by atoms with Crippen molar-refractivity contribution in [2.45, 2.75) is 31.7 Å². The van der Waals surface area contributed by atoms with Crippen molar-refractivity contribution in [2.24, 2.45) is 11.8 Å². The first-order valence-corrected chi connectivity index (χ1v) is 6.39. The lowest BCUT2D eigenvalue weighted by Crippen LogP contribution is -2.37. The quantitative estimate of drug-likeness (QED) is 0.606. The minimum absolute atomic E-state index is 0.301. The number of hydrogen-bond donors (Lipinski definition) is 2. The van der Waals surface area contributed by atoms with Gasteiger partial charge in [-0.1, -0.05) is 24.4 Å². The highest BCUT2D eigenvalue weighted by Gasteiger charge is 2.25. The summed E-state index contributed by atoms with van der Waals surface area (Å²) in [5.74, 6) is 7.33. The molecule has 1 fully saturated rings. The van der Waals surface area contributed by atoms with Gasteiger partial charge >= 0.3 is 0 Å². The van der Waals surface area contributed by atoms with Crippen LogP contribution in [0.1, 0.15) is 24.8 Å². The minimum atomic E-state index is 0.301. The van der Waals surface area contributed by atoms with Crippen molar-refractivity contribution in [1.29, 1.82) is 0 Å². The van der Waals surface area contributed by atoms with Crippen molar-refractivity contribution in [1.82, 2.24) is 5.43 Å². The summed E-state index contributed by atoms with van der Waals surface area (Å²) in [5.41, 5.74) is 4.01. The molecule has 1 atom stereocenters. The van der Waals surface area contributed by atoms with E-state index >= 15 is 0 Å². The fourth-order valence-corrected chi connectivity index (χ4v) is 2.33. The van der Waals surface area contributed by atoms with Gasteiger partial charge in [-0.05, 0) is 42.5 Å². The van der Waals surface area contributed by atoms with E-state index in [1.165, 1.54) is 12.8 Å². The number of rotatable bonds is 6. The number of nitrogens with two attached hydrogens (primary N) is 1. The largest absolute Gasteiger partial charge is 0.496 e. The number of nitrogens with one attached hydrogen (secondary N) is 1. The van der Waals surface area contributed by atoms with E-state index in [-0.39, 0.29) is 0 Å². The molecule has 0 radical (unpaired) electrons. The highest BCUT2D eigenvalue weighted by molar-refractivity contribution is 6.30. The zero-order chi connectivity index (χ0) is 12.3. The molecule has 1 aromatic rings. The van der Waals surface area contributed by atoms with Crippen molar-refractivity contribution in [3.63, 3.8) is 0 Å². The second kappa shape index (κ2) is 5.71. The van der Waals surface area contributed by atoms with Crippen LogP contribution in [0, 0.1) is 5.92 Å². The van der Waals surface area contributed by atoms with Crippen LogP contribution in [0.25, 0.3) is 0 Å². The van der Waals surface area contributed by atoms with E-state index in [1.807, 2.05) is 18.2 Å². The Hall–Kier alpha value is -0.770. The molecule has 94 valence electrons. The van der Waals surface area contributed by atoms with Crippen molar-refractivity contribution < 1.29 is 4.74 Å². The first-order valence-electron chi connectivity index (χ1n) is 6.01. The van der Waals surface area contributed by atoms with Gasteiger partial charge in [0.1, 0.15) is 5.75 Å². The van der Waals surface area contributed by atoms with Crippen molar-refractivity contribution >= 4 is 11.6 Å². The predicted molar refractivity (Wildman–Crippen MR) is 70.2 cm³/mol. The van der Waals surface area contributed by atoms with Gasteiger partial charge in [-0.3, -0.25) is 11.3 Å². The van der Waals surface area contributed by atoms with E-state index in [2.05, 4.69) is 5.43 Å². The number of benzene rings is 1. The Kier molecular flexibility index (Phi) is 4.26. The Morgan fingerprint density at radius 2 is 2.29 bits per heavy atom. The molecule has 17 heavy (non-hydrogen) atoms. The molecule has 0 bridgehead atoms. The van der Waals surface area contributed by atoms with Crippen molar-refractivity contribution in [3.8, 4) is 5.75 Å². The zero-order valence-electron chi connectivity index (χ0n) is 10.1. The lowest BCUT2D eigenvalue weighted by molar-refractivity contribution is 0.400. The van der Waals surface area contributed by atoms with Gasteiger partial charge in [0.05, 0.1) is 7.11 Å². The summed E-state index contributed by atoms with van der Waals surface area (Å²) >= 11 is 6.01. The molecule has 1 aromatic carbocycles. The van der Waals surface area contributed by atoms with Crippen LogP contribution in [-0.2, 0) is 6.42 Å². The molecule has 0 saturated heterocycles. The summed E-state index contributed by atoms with van der Waals surface area (Å²) in [5, 5.41) is 0.739. The average Bonchev–Trinajstić information content (AvgIpc) is 3.12. The van der Waals surface area contributed by atoms with Crippen LogP contribution in [-0.4, -0.2) is 13.2 Å². The average molecular weight is 255 g/mol. The highest BCUT2D eigenvalue weighted by atomic mass is 35.5. The number of halogens is 1. The summed E-state index contributed by atoms with van der Waals surface area (Å²) in [6.07, 6.45) is 4.67. The lowest BCUT2D eigenvalue weighted by Gasteiger charge is -2.17. The smallest absolute Gasteiger partial charge is 0.122 e. The summed E-state index contributed by atoms with van der Waals surface area (Å²) in [4.78, 5) is 0. The standard InChI is InChI=1S/C13H19ClN2O/c1-17-13-5-4-11(14)7-10(13)8-12(16-15)6-9-2-3-9/h4-5,7,9,12,16H,2-3,6,8,15H2,1H3. The molecular formula is C13H19ClN2O. The molecule has 1 aliphatic rings. The Morgan fingerprint density at radius 3 is 2.88 bits per heavy atom. The third-order valence-electron chi connectivity index (χ3n) is 3.26. The van der Waals surface area contributed by atoms with Crippen LogP contribution in [0.3, 0.4) is 0 Å². The summed E-state index contributed by atoms with van der Waals surface area (Å²) < 4.78 is 5.34. The third-order valence-corrected chi connectivity index (χ3v) is 3.49. The Morgan fingerprint density at radius 1 is 1.53 bits per heavy atom. The first kappa shape index (κ1) is 12.7. The molecule has 0 aliphatic heterocycles. The molecule has 0 aromatic heterocycles. The normalized spacial score (nSPS) is 16.9. The van der Waals surface area contributed by atoms with Crippen LogP contribution in [0.5, 0.6) is 5.75 Å². The van der Waals surface area contributed by atoms with E-state index in [4.69, 9.17) is 22.2 Å². The van der Waals surface area contributed by atoms with Crippen molar-refractivity contribution in [2.75, 3.05) is 7.11 Å². The number of hydrazine groups is 1. The van der Waals surface area contributed by atoms with E-state index in [1.54, 1.807) is 7.11 Å². The Balaban J connectivity index is 2.06. The lowest BCUT2D eigenvalue weighted by atomic mass is 10.0. The van der Waals surface area contributed by atoms with Crippen LogP contribution >= 0.6 is 11.6 Å². The van der Waals surface area contributed by atoms with Gasteiger partial charge in [-0.15, -0.1) is 0 Å². The molecule has 3 nitrogen and oxygen atoms in total. The molecule has 2 rings (SSSR count). The monoisotopic (exact) mass is 254 g/mol. The van der Waals surface area contributed by atoms with E-state index < -0.39 is 0 Å². The van der Waals surface area contributed by atoms with Gasteiger partial charge in [0, 0.05) is 11.1 Å². The number of hydrogen-bond acceptors (Lipinski definition) is 3. The van der Waals surface area contributed by atoms with E-state index in [0.717, 1.165) is 35.1 Å². The molecule has 1 aliphatic carbocycles. The maximum Gasteiger partial charge on any atom is 0.122 e. The predicted octanol–water partition coefficient (Wildman–Crippen LogP) is 2.52. The van der Waals surface area contributed by atoms with E-state index in [0.29, 0.717) is 6.04 Å². The molecule has 0 heterocycles. The van der Waals surface area contributed by atoms with Gasteiger partial charge in [-0.2, -0.15) is 0 Å². The molecule has 1 saturated carbocycles. The Bertz CT molecular complexity index is 380.